The number of benzene rings is 2. The Bertz CT molecular complexity index is 1270. The number of carbonyl (C=O) groups is 1. The van der Waals surface area contributed by atoms with E-state index in [1.165, 1.54) is 12.1 Å². The first-order chi connectivity index (χ1) is 14.3. The van der Waals surface area contributed by atoms with Crippen LogP contribution in [0.2, 0.25) is 0 Å². The minimum atomic E-state index is -0.671. The third-order valence-electron chi connectivity index (χ3n) is 5.43. The summed E-state index contributed by atoms with van der Waals surface area (Å²) in [6, 6.07) is 10.6. The van der Waals surface area contributed by atoms with Crippen molar-refractivity contribution in [2.45, 2.75) is 39.7 Å². The van der Waals surface area contributed by atoms with Crippen LogP contribution in [0.3, 0.4) is 0 Å². The molecular weight excluding hydrogens is 386 g/mol. The number of hydrogen-bond donors (Lipinski definition) is 1. The largest absolute Gasteiger partial charge is 0.349 e. The molecule has 0 aliphatic rings. The number of amides is 1. The van der Waals surface area contributed by atoms with E-state index in [-0.39, 0.29) is 17.9 Å². The summed E-state index contributed by atoms with van der Waals surface area (Å²) in [5.74, 6) is -1.53. The van der Waals surface area contributed by atoms with Crippen molar-refractivity contribution in [1.82, 2.24) is 19.9 Å². The Morgan fingerprint density at radius 2 is 1.93 bits per heavy atom. The standard InChI is InChI=1S/C23H22F2N4O/c1-13-17(15(3)29-23(27-13)19-6-4-5-7-21(19)28-29)10-11-22(30)26-14(2)18-9-8-16(24)12-20(18)25/h4-9,12,14H,10-11H2,1-3H3,(H,26,30)/t14-/m1/s1. The molecule has 2 aromatic heterocycles. The number of halogens is 2. The van der Waals surface area contributed by atoms with Crippen molar-refractivity contribution in [3.8, 4) is 0 Å². The van der Waals surface area contributed by atoms with Crippen LogP contribution in [0.4, 0.5) is 8.78 Å². The minimum absolute atomic E-state index is 0.212. The summed E-state index contributed by atoms with van der Waals surface area (Å²) < 4.78 is 28.9. The number of nitrogens with zero attached hydrogens (tertiary/aromatic N) is 3. The van der Waals surface area contributed by atoms with Gasteiger partial charge < -0.3 is 5.32 Å². The van der Waals surface area contributed by atoms with E-state index in [0.29, 0.717) is 6.42 Å². The van der Waals surface area contributed by atoms with Crippen molar-refractivity contribution in [2.75, 3.05) is 0 Å². The summed E-state index contributed by atoms with van der Waals surface area (Å²) in [4.78, 5) is 17.2. The molecule has 2 aromatic carbocycles. The van der Waals surface area contributed by atoms with Crippen molar-refractivity contribution in [1.29, 1.82) is 0 Å². The average Bonchev–Trinajstić information content (AvgIpc) is 3.06. The Hall–Kier alpha value is -3.35. The molecule has 0 saturated heterocycles. The fourth-order valence-electron chi connectivity index (χ4n) is 3.82. The van der Waals surface area contributed by atoms with Crippen molar-refractivity contribution >= 4 is 22.5 Å². The van der Waals surface area contributed by atoms with Gasteiger partial charge in [-0.05, 0) is 51.0 Å². The van der Waals surface area contributed by atoms with Crippen molar-refractivity contribution < 1.29 is 13.6 Å². The van der Waals surface area contributed by atoms with Gasteiger partial charge in [0.2, 0.25) is 5.91 Å². The molecule has 4 rings (SSSR count). The maximum Gasteiger partial charge on any atom is 0.220 e. The molecule has 7 heteroatoms. The maximum absolute atomic E-state index is 13.9. The highest BCUT2D eigenvalue weighted by Crippen LogP contribution is 2.23. The highest BCUT2D eigenvalue weighted by molar-refractivity contribution is 5.92. The molecule has 0 unspecified atom stereocenters. The van der Waals surface area contributed by atoms with Crippen LogP contribution < -0.4 is 5.32 Å². The fourth-order valence-corrected chi connectivity index (χ4v) is 3.82. The van der Waals surface area contributed by atoms with E-state index < -0.39 is 17.7 Å². The first kappa shape index (κ1) is 19.9. The third kappa shape index (κ3) is 3.63. The van der Waals surface area contributed by atoms with Crippen molar-refractivity contribution in [3.63, 3.8) is 0 Å². The molecule has 0 spiro atoms. The van der Waals surface area contributed by atoms with Gasteiger partial charge in [0.05, 0.1) is 11.6 Å². The Morgan fingerprint density at radius 3 is 2.70 bits per heavy atom. The lowest BCUT2D eigenvalue weighted by Gasteiger charge is -2.16. The van der Waals surface area contributed by atoms with Gasteiger partial charge in [0.1, 0.15) is 11.6 Å². The maximum atomic E-state index is 13.9. The second-order valence-corrected chi connectivity index (χ2v) is 7.47. The molecule has 30 heavy (non-hydrogen) atoms. The van der Waals surface area contributed by atoms with E-state index in [9.17, 15) is 13.6 Å². The zero-order chi connectivity index (χ0) is 21.4. The van der Waals surface area contributed by atoms with Crippen molar-refractivity contribution in [2.24, 2.45) is 0 Å². The Balaban J connectivity index is 1.51. The van der Waals surface area contributed by atoms with Gasteiger partial charge >= 0.3 is 0 Å². The monoisotopic (exact) mass is 408 g/mol. The SMILES string of the molecule is Cc1nc2c3ccccc3nn2c(C)c1CCC(=O)N[C@H](C)c1ccc(F)cc1F. The molecule has 2 heterocycles. The average molecular weight is 408 g/mol. The van der Waals surface area contributed by atoms with Crippen LogP contribution in [0.1, 0.15) is 41.9 Å². The van der Waals surface area contributed by atoms with Gasteiger partial charge in [0.15, 0.2) is 5.65 Å². The van der Waals surface area contributed by atoms with E-state index >= 15 is 0 Å². The summed E-state index contributed by atoms with van der Waals surface area (Å²) in [6.45, 7) is 5.57. The lowest BCUT2D eigenvalue weighted by molar-refractivity contribution is -0.121. The van der Waals surface area contributed by atoms with Crippen LogP contribution in [0, 0.1) is 25.5 Å². The molecule has 0 fully saturated rings. The van der Waals surface area contributed by atoms with Crippen LogP contribution in [-0.4, -0.2) is 20.5 Å². The summed E-state index contributed by atoms with van der Waals surface area (Å²) in [7, 11) is 0. The molecule has 1 atom stereocenters. The van der Waals surface area contributed by atoms with Crippen LogP contribution >= 0.6 is 0 Å². The van der Waals surface area contributed by atoms with Gasteiger partial charge in [-0.15, -0.1) is 0 Å². The molecule has 0 aliphatic heterocycles. The predicted molar refractivity (Wildman–Crippen MR) is 111 cm³/mol. The highest BCUT2D eigenvalue weighted by Gasteiger charge is 2.17. The third-order valence-corrected chi connectivity index (χ3v) is 5.43. The minimum Gasteiger partial charge on any atom is -0.349 e. The zero-order valence-electron chi connectivity index (χ0n) is 17.0. The molecule has 1 amide bonds. The number of aryl methyl sites for hydroxylation is 2. The van der Waals surface area contributed by atoms with Gasteiger partial charge in [-0.3, -0.25) is 4.79 Å². The van der Waals surface area contributed by atoms with Gasteiger partial charge in [0, 0.05) is 34.8 Å². The van der Waals surface area contributed by atoms with Gasteiger partial charge in [0.25, 0.3) is 0 Å². The van der Waals surface area contributed by atoms with Gasteiger partial charge in [-0.25, -0.2) is 18.3 Å². The molecule has 154 valence electrons. The number of aromatic nitrogens is 3. The molecule has 0 radical (unpaired) electrons. The lowest BCUT2D eigenvalue weighted by atomic mass is 10.0. The highest BCUT2D eigenvalue weighted by atomic mass is 19.1. The molecule has 4 aromatic rings. The Morgan fingerprint density at radius 1 is 1.17 bits per heavy atom. The quantitative estimate of drug-likeness (QED) is 0.526. The van der Waals surface area contributed by atoms with Crippen LogP contribution in [0.5, 0.6) is 0 Å². The van der Waals surface area contributed by atoms with Crippen molar-refractivity contribution in [3.05, 3.63) is 76.6 Å². The second kappa shape index (κ2) is 7.82. The van der Waals surface area contributed by atoms with E-state index in [1.54, 1.807) is 6.92 Å². The number of hydrogen-bond acceptors (Lipinski definition) is 3. The van der Waals surface area contributed by atoms with Crippen LogP contribution in [0.25, 0.3) is 16.6 Å². The van der Waals surface area contributed by atoms with Gasteiger partial charge in [-0.2, -0.15) is 5.10 Å². The Kier molecular flexibility index (Phi) is 5.20. The molecular formula is C23H22F2N4O. The smallest absolute Gasteiger partial charge is 0.220 e. The number of rotatable bonds is 5. The molecule has 1 N–H and O–H groups in total. The van der Waals surface area contributed by atoms with Gasteiger partial charge in [-0.1, -0.05) is 18.2 Å². The van der Waals surface area contributed by atoms with E-state index in [0.717, 1.165) is 39.6 Å². The summed E-state index contributed by atoms with van der Waals surface area (Å²) in [5, 5.41) is 8.40. The lowest BCUT2D eigenvalue weighted by Crippen LogP contribution is -2.27. The summed E-state index contributed by atoms with van der Waals surface area (Å²) in [5.41, 5.74) is 4.69. The summed E-state index contributed by atoms with van der Waals surface area (Å²) >= 11 is 0. The first-order valence-corrected chi connectivity index (χ1v) is 9.83. The molecule has 0 bridgehead atoms. The Labute approximate surface area is 172 Å². The van der Waals surface area contributed by atoms with E-state index in [1.807, 2.05) is 42.6 Å². The number of fused-ring (bicyclic) bond motifs is 3. The summed E-state index contributed by atoms with van der Waals surface area (Å²) in [6.07, 6.45) is 0.712. The van der Waals surface area contributed by atoms with Crippen LogP contribution in [-0.2, 0) is 11.2 Å². The molecule has 0 saturated carbocycles. The first-order valence-electron chi connectivity index (χ1n) is 9.83. The predicted octanol–water partition coefficient (Wildman–Crippen LogP) is 4.59. The van der Waals surface area contributed by atoms with E-state index in [4.69, 9.17) is 4.98 Å². The number of carbonyl (C=O) groups excluding carboxylic acids is 1. The molecule has 0 aliphatic carbocycles. The van der Waals surface area contributed by atoms with E-state index in [2.05, 4.69) is 10.4 Å². The van der Waals surface area contributed by atoms with Crippen LogP contribution in [0.15, 0.2) is 42.5 Å². The zero-order valence-corrected chi connectivity index (χ0v) is 17.0. The second-order valence-electron chi connectivity index (χ2n) is 7.47. The molecule has 5 nitrogen and oxygen atoms in total. The topological polar surface area (TPSA) is 59.3 Å². The normalized spacial score (nSPS) is 12.4. The number of nitrogens with one attached hydrogen (secondary N) is 1. The fraction of sp³-hybridized carbons (Fsp3) is 0.261.